The van der Waals surface area contributed by atoms with Crippen molar-refractivity contribution >= 4 is 22.5 Å². The SMILES string of the molecule is COc1ccc(NC(=O)c2cccc3c4c([nH]c23)CCCC4)cc1OCc1cccnc1. The summed E-state index contributed by atoms with van der Waals surface area (Å²) in [7, 11) is 1.60. The molecule has 2 N–H and O–H groups in total. The number of para-hydroxylation sites is 1. The van der Waals surface area contributed by atoms with E-state index in [0.717, 1.165) is 29.3 Å². The second-order valence-corrected chi connectivity index (χ2v) is 7.99. The lowest BCUT2D eigenvalue weighted by molar-refractivity contribution is 0.102. The number of nitrogens with zero attached hydrogens (tertiary/aromatic N) is 1. The van der Waals surface area contributed by atoms with Crippen molar-refractivity contribution in [2.75, 3.05) is 12.4 Å². The summed E-state index contributed by atoms with van der Waals surface area (Å²) >= 11 is 0. The third-order valence-corrected chi connectivity index (χ3v) is 5.92. The molecule has 2 aromatic heterocycles. The fourth-order valence-corrected chi connectivity index (χ4v) is 4.33. The first kappa shape index (κ1) is 20.1. The number of carbonyl (C=O) groups excluding carboxylic acids is 1. The summed E-state index contributed by atoms with van der Waals surface area (Å²) in [6.07, 6.45) is 7.98. The van der Waals surface area contributed by atoms with E-state index in [1.54, 1.807) is 31.6 Å². The van der Waals surface area contributed by atoms with Gasteiger partial charge in [0, 0.05) is 40.8 Å². The number of rotatable bonds is 6. The minimum atomic E-state index is -0.155. The number of pyridine rings is 1. The van der Waals surface area contributed by atoms with E-state index in [9.17, 15) is 4.79 Å². The average Bonchev–Trinajstić information content (AvgIpc) is 3.22. The predicted octanol–water partition coefficient (Wildman–Crippen LogP) is 5.28. The third kappa shape index (κ3) is 3.91. The maximum Gasteiger partial charge on any atom is 0.257 e. The molecule has 0 saturated heterocycles. The zero-order valence-electron chi connectivity index (χ0n) is 18.0. The number of H-pyrrole nitrogens is 1. The van der Waals surface area contributed by atoms with Crippen LogP contribution in [0.3, 0.4) is 0 Å². The van der Waals surface area contributed by atoms with E-state index in [1.807, 2.05) is 30.3 Å². The van der Waals surface area contributed by atoms with Crippen molar-refractivity contribution in [2.24, 2.45) is 0 Å². The summed E-state index contributed by atoms with van der Waals surface area (Å²) in [5.41, 5.74) is 5.78. The van der Waals surface area contributed by atoms with E-state index in [4.69, 9.17) is 9.47 Å². The molecule has 1 amide bonds. The molecule has 0 saturated carbocycles. The second-order valence-electron chi connectivity index (χ2n) is 7.99. The van der Waals surface area contributed by atoms with Gasteiger partial charge < -0.3 is 19.8 Å². The van der Waals surface area contributed by atoms with E-state index >= 15 is 0 Å². The molecule has 0 aliphatic heterocycles. The van der Waals surface area contributed by atoms with Gasteiger partial charge in [-0.05, 0) is 55.5 Å². The number of aryl methyl sites for hydroxylation is 2. The van der Waals surface area contributed by atoms with Gasteiger partial charge in [-0.3, -0.25) is 9.78 Å². The fraction of sp³-hybridized carbons (Fsp3) is 0.231. The zero-order valence-corrected chi connectivity index (χ0v) is 18.0. The standard InChI is InChI=1S/C26H25N3O3/c1-31-23-12-11-18(14-24(23)32-16-17-6-5-13-27-15-17)28-26(30)21-9-4-8-20-19-7-2-3-10-22(19)29-25(20)21/h4-6,8-9,11-15,29H,2-3,7,10,16H2,1H3,(H,28,30). The summed E-state index contributed by atoms with van der Waals surface area (Å²) < 4.78 is 11.4. The van der Waals surface area contributed by atoms with E-state index in [1.165, 1.54) is 24.1 Å². The van der Waals surface area contributed by atoms with Crippen LogP contribution in [0.5, 0.6) is 11.5 Å². The normalized spacial score (nSPS) is 12.9. The molecule has 32 heavy (non-hydrogen) atoms. The van der Waals surface area contributed by atoms with Crippen LogP contribution in [0.25, 0.3) is 10.9 Å². The summed E-state index contributed by atoms with van der Waals surface area (Å²) in [5.74, 6) is 1.01. The van der Waals surface area contributed by atoms with Gasteiger partial charge in [0.25, 0.3) is 5.91 Å². The molecule has 0 atom stereocenters. The molecule has 1 aliphatic carbocycles. The summed E-state index contributed by atoms with van der Waals surface area (Å²) in [6.45, 7) is 0.356. The molecule has 0 spiro atoms. The van der Waals surface area contributed by atoms with Crippen LogP contribution in [0.2, 0.25) is 0 Å². The van der Waals surface area contributed by atoms with Gasteiger partial charge in [0.15, 0.2) is 11.5 Å². The first-order valence-electron chi connectivity index (χ1n) is 10.9. The number of anilines is 1. The lowest BCUT2D eigenvalue weighted by atomic mass is 9.95. The van der Waals surface area contributed by atoms with Crippen LogP contribution in [0.15, 0.2) is 60.9 Å². The molecule has 2 aromatic carbocycles. The van der Waals surface area contributed by atoms with Crippen molar-refractivity contribution in [3.63, 3.8) is 0 Å². The average molecular weight is 428 g/mol. The summed E-state index contributed by atoms with van der Waals surface area (Å²) in [6, 6.07) is 15.1. The molecule has 0 radical (unpaired) electrons. The van der Waals surface area contributed by atoms with Crippen LogP contribution in [-0.4, -0.2) is 23.0 Å². The minimum absolute atomic E-state index is 0.155. The quantitative estimate of drug-likeness (QED) is 0.439. The smallest absolute Gasteiger partial charge is 0.257 e. The Hall–Kier alpha value is -3.80. The number of hydrogen-bond donors (Lipinski definition) is 2. The highest BCUT2D eigenvalue weighted by Crippen LogP contribution is 2.33. The van der Waals surface area contributed by atoms with E-state index < -0.39 is 0 Å². The van der Waals surface area contributed by atoms with Gasteiger partial charge in [-0.1, -0.05) is 18.2 Å². The number of amides is 1. The Balaban J connectivity index is 1.39. The van der Waals surface area contributed by atoms with Crippen molar-refractivity contribution in [1.29, 1.82) is 0 Å². The topological polar surface area (TPSA) is 76.2 Å². The number of carbonyl (C=O) groups is 1. The highest BCUT2D eigenvalue weighted by atomic mass is 16.5. The Morgan fingerprint density at radius 2 is 2.00 bits per heavy atom. The highest BCUT2D eigenvalue weighted by molar-refractivity contribution is 6.12. The monoisotopic (exact) mass is 427 g/mol. The summed E-state index contributed by atoms with van der Waals surface area (Å²) in [5, 5.41) is 4.17. The van der Waals surface area contributed by atoms with Gasteiger partial charge in [-0.15, -0.1) is 0 Å². The van der Waals surface area contributed by atoms with Gasteiger partial charge in [0.2, 0.25) is 0 Å². The Morgan fingerprint density at radius 1 is 1.09 bits per heavy atom. The molecule has 5 rings (SSSR count). The lowest BCUT2D eigenvalue weighted by Crippen LogP contribution is -2.12. The van der Waals surface area contributed by atoms with Crippen LogP contribution in [0, 0.1) is 0 Å². The number of benzene rings is 2. The second kappa shape index (κ2) is 8.75. The lowest BCUT2D eigenvalue weighted by Gasteiger charge is -2.13. The van der Waals surface area contributed by atoms with E-state index in [-0.39, 0.29) is 5.91 Å². The van der Waals surface area contributed by atoms with Crippen LogP contribution >= 0.6 is 0 Å². The molecular formula is C26H25N3O3. The Morgan fingerprint density at radius 3 is 2.84 bits per heavy atom. The van der Waals surface area contributed by atoms with Crippen molar-refractivity contribution in [2.45, 2.75) is 32.3 Å². The van der Waals surface area contributed by atoms with Crippen molar-refractivity contribution in [3.8, 4) is 11.5 Å². The molecule has 6 heteroatoms. The molecular weight excluding hydrogens is 402 g/mol. The maximum absolute atomic E-state index is 13.2. The molecule has 4 aromatic rings. The minimum Gasteiger partial charge on any atom is -0.493 e. The number of hydrogen-bond acceptors (Lipinski definition) is 4. The molecule has 1 aliphatic rings. The van der Waals surface area contributed by atoms with Crippen molar-refractivity contribution in [3.05, 3.63) is 83.3 Å². The largest absolute Gasteiger partial charge is 0.493 e. The first-order valence-corrected chi connectivity index (χ1v) is 10.9. The van der Waals surface area contributed by atoms with Gasteiger partial charge in [0.1, 0.15) is 6.61 Å². The third-order valence-electron chi connectivity index (χ3n) is 5.92. The van der Waals surface area contributed by atoms with Crippen LogP contribution < -0.4 is 14.8 Å². The van der Waals surface area contributed by atoms with Crippen molar-refractivity contribution < 1.29 is 14.3 Å². The number of fused-ring (bicyclic) bond motifs is 3. The Kier molecular flexibility index (Phi) is 5.50. The highest BCUT2D eigenvalue weighted by Gasteiger charge is 2.19. The van der Waals surface area contributed by atoms with Gasteiger partial charge in [-0.25, -0.2) is 0 Å². The number of aromatic nitrogens is 2. The molecule has 0 unspecified atom stereocenters. The van der Waals surface area contributed by atoms with Crippen LogP contribution in [-0.2, 0) is 19.4 Å². The van der Waals surface area contributed by atoms with Crippen LogP contribution in [0.1, 0.15) is 40.0 Å². The predicted molar refractivity (Wildman–Crippen MR) is 124 cm³/mol. The van der Waals surface area contributed by atoms with Crippen molar-refractivity contribution in [1.82, 2.24) is 9.97 Å². The number of nitrogens with one attached hydrogen (secondary N) is 2. The molecule has 2 heterocycles. The van der Waals surface area contributed by atoms with Crippen LogP contribution in [0.4, 0.5) is 5.69 Å². The first-order chi connectivity index (χ1) is 15.7. The molecule has 162 valence electrons. The van der Waals surface area contributed by atoms with Gasteiger partial charge in [-0.2, -0.15) is 0 Å². The van der Waals surface area contributed by atoms with E-state index in [0.29, 0.717) is 29.4 Å². The Labute approximate surface area is 186 Å². The fourth-order valence-electron chi connectivity index (χ4n) is 4.33. The molecule has 0 bridgehead atoms. The summed E-state index contributed by atoms with van der Waals surface area (Å²) in [4.78, 5) is 20.8. The van der Waals surface area contributed by atoms with Gasteiger partial charge >= 0.3 is 0 Å². The number of ether oxygens (including phenoxy) is 2. The number of methoxy groups -OCH3 is 1. The molecule has 6 nitrogen and oxygen atoms in total. The zero-order chi connectivity index (χ0) is 21.9. The number of aromatic amines is 1. The van der Waals surface area contributed by atoms with Gasteiger partial charge in [0.05, 0.1) is 18.2 Å². The molecule has 0 fully saturated rings. The Bertz CT molecular complexity index is 1260. The maximum atomic E-state index is 13.2. The van der Waals surface area contributed by atoms with E-state index in [2.05, 4.69) is 21.4 Å².